The molecule has 2 heterocycles. The van der Waals surface area contributed by atoms with Gasteiger partial charge in [-0.2, -0.15) is 5.26 Å². The van der Waals surface area contributed by atoms with Gasteiger partial charge in [0.2, 0.25) is 0 Å². The molecule has 4 heteroatoms. The lowest BCUT2D eigenvalue weighted by Crippen LogP contribution is -1.94. The predicted octanol–water partition coefficient (Wildman–Crippen LogP) is 15.6. The summed E-state index contributed by atoms with van der Waals surface area (Å²) < 4.78 is 0.892. The topological polar surface area (TPSA) is 55.4 Å². The highest BCUT2D eigenvalue weighted by atomic mass is 79.9. The molecule has 0 saturated heterocycles. The van der Waals surface area contributed by atoms with Crippen LogP contribution in [0.15, 0.2) is 199 Å². The smallest absolute Gasteiger partial charge is 0.100 e. The van der Waals surface area contributed by atoms with Crippen LogP contribution in [0.4, 0.5) is 0 Å². The zero-order valence-electron chi connectivity index (χ0n) is 31.8. The number of hydrogen-bond donors (Lipinski definition) is 2. The molecular weight excluding hydrogens is 783 g/mol. The lowest BCUT2D eigenvalue weighted by Gasteiger charge is -2.16. The molecule has 59 heavy (non-hydrogen) atoms. The Morgan fingerprint density at radius 3 is 1.07 bits per heavy atom. The van der Waals surface area contributed by atoms with Gasteiger partial charge in [0, 0.05) is 59.3 Å². The maximum absolute atomic E-state index is 11.3. The Morgan fingerprint density at radius 1 is 0.339 bits per heavy atom. The van der Waals surface area contributed by atoms with E-state index in [-0.39, 0.29) is 0 Å². The molecular formula is C55H34BrN3. The molecule has 0 fully saturated rings. The van der Waals surface area contributed by atoms with Crippen molar-refractivity contribution in [3.63, 3.8) is 0 Å². The second-order valence-electron chi connectivity index (χ2n) is 15.1. The maximum atomic E-state index is 11.3. The van der Waals surface area contributed by atoms with E-state index < -0.39 is 0 Å². The van der Waals surface area contributed by atoms with Gasteiger partial charge in [-0.15, -0.1) is 0 Å². The molecule has 0 saturated carbocycles. The SMILES string of the molecule is N#Cc1c(-c2cc(-c3ccccc3)cc3c2[nH]c2ccc(-c4ccccc4)cc23)cc(Br)cc1-c1cc(-c2ccccc2)cc2c1[nH]c1ccc(-c3ccccc3)cc12. The summed E-state index contributed by atoms with van der Waals surface area (Å²) >= 11 is 3.94. The fraction of sp³-hybridized carbons (Fsp3) is 0. The van der Waals surface area contributed by atoms with E-state index in [0.717, 1.165) is 104 Å². The van der Waals surface area contributed by atoms with E-state index in [1.165, 1.54) is 11.1 Å². The van der Waals surface area contributed by atoms with E-state index in [1.807, 2.05) is 24.3 Å². The number of nitrogens with zero attached hydrogens (tertiary/aromatic N) is 1. The molecule has 0 aliphatic rings. The van der Waals surface area contributed by atoms with E-state index in [0.29, 0.717) is 5.56 Å². The first-order valence-corrected chi connectivity index (χ1v) is 20.5. The van der Waals surface area contributed by atoms with Crippen molar-refractivity contribution in [2.75, 3.05) is 0 Å². The molecule has 11 aromatic rings. The van der Waals surface area contributed by atoms with Gasteiger partial charge in [-0.3, -0.25) is 0 Å². The number of H-pyrrole nitrogens is 2. The van der Waals surface area contributed by atoms with Gasteiger partial charge in [0.15, 0.2) is 0 Å². The van der Waals surface area contributed by atoms with Crippen LogP contribution in [0, 0.1) is 11.3 Å². The summed E-state index contributed by atoms with van der Waals surface area (Å²) in [5.41, 5.74) is 17.4. The number of halogens is 1. The van der Waals surface area contributed by atoms with Gasteiger partial charge in [-0.1, -0.05) is 149 Å². The average molecular weight is 817 g/mol. The molecule has 0 spiro atoms. The second-order valence-corrected chi connectivity index (χ2v) is 16.0. The first kappa shape index (κ1) is 34.8. The molecule has 0 radical (unpaired) electrons. The summed E-state index contributed by atoms with van der Waals surface area (Å²) in [4.78, 5) is 7.60. The van der Waals surface area contributed by atoms with Crippen molar-refractivity contribution in [2.45, 2.75) is 0 Å². The highest BCUT2D eigenvalue weighted by molar-refractivity contribution is 9.10. The second kappa shape index (κ2) is 14.2. The Bertz CT molecular complexity index is 3210. The molecule has 11 rings (SSSR count). The molecule has 0 bridgehead atoms. The van der Waals surface area contributed by atoms with Gasteiger partial charge in [0.1, 0.15) is 6.07 Å². The average Bonchev–Trinajstić information content (AvgIpc) is 3.87. The van der Waals surface area contributed by atoms with Gasteiger partial charge in [0.05, 0.1) is 16.6 Å². The third-order valence-electron chi connectivity index (χ3n) is 11.6. The van der Waals surface area contributed by atoms with Crippen molar-refractivity contribution >= 4 is 59.5 Å². The zero-order valence-corrected chi connectivity index (χ0v) is 33.4. The summed E-state index contributed by atoms with van der Waals surface area (Å²) in [5, 5.41) is 15.8. The molecule has 2 N–H and O–H groups in total. The van der Waals surface area contributed by atoms with Crippen LogP contribution < -0.4 is 0 Å². The fourth-order valence-electron chi connectivity index (χ4n) is 8.79. The van der Waals surface area contributed by atoms with Crippen molar-refractivity contribution < 1.29 is 0 Å². The largest absolute Gasteiger partial charge is 0.354 e. The van der Waals surface area contributed by atoms with Crippen LogP contribution in [-0.4, -0.2) is 9.97 Å². The molecule has 3 nitrogen and oxygen atoms in total. The Morgan fingerprint density at radius 2 is 0.695 bits per heavy atom. The first-order valence-electron chi connectivity index (χ1n) is 19.7. The van der Waals surface area contributed by atoms with Crippen molar-refractivity contribution in [3.05, 3.63) is 204 Å². The number of fused-ring (bicyclic) bond motifs is 6. The normalized spacial score (nSPS) is 11.5. The van der Waals surface area contributed by atoms with E-state index in [4.69, 9.17) is 0 Å². The number of rotatable bonds is 6. The quantitative estimate of drug-likeness (QED) is 0.173. The summed E-state index contributed by atoms with van der Waals surface area (Å²) in [5.74, 6) is 0. The van der Waals surface area contributed by atoms with Crippen LogP contribution >= 0.6 is 15.9 Å². The van der Waals surface area contributed by atoms with E-state index in [2.05, 4.69) is 202 Å². The van der Waals surface area contributed by atoms with Crippen LogP contribution in [0.25, 0.3) is 110 Å². The molecule has 0 atom stereocenters. The third-order valence-corrected chi connectivity index (χ3v) is 12.1. The predicted molar refractivity (Wildman–Crippen MR) is 250 cm³/mol. The van der Waals surface area contributed by atoms with Crippen molar-refractivity contribution in [2.24, 2.45) is 0 Å². The van der Waals surface area contributed by atoms with E-state index in [9.17, 15) is 5.26 Å². The van der Waals surface area contributed by atoms with Gasteiger partial charge in [-0.05, 0) is 105 Å². The molecule has 2 aromatic heterocycles. The molecule has 0 unspecified atom stereocenters. The number of nitrogens with one attached hydrogen (secondary N) is 2. The van der Waals surface area contributed by atoms with Gasteiger partial charge in [-0.25, -0.2) is 0 Å². The lowest BCUT2D eigenvalue weighted by molar-refractivity contribution is 1.45. The number of hydrogen-bond acceptors (Lipinski definition) is 1. The van der Waals surface area contributed by atoms with Crippen LogP contribution in [0.2, 0.25) is 0 Å². The first-order chi connectivity index (χ1) is 29.1. The Kier molecular flexibility index (Phi) is 8.36. The summed E-state index contributed by atoms with van der Waals surface area (Å²) in [7, 11) is 0. The molecule has 0 amide bonds. The summed E-state index contributed by atoms with van der Waals surface area (Å²) in [6, 6.07) is 71.3. The fourth-order valence-corrected chi connectivity index (χ4v) is 9.25. The maximum Gasteiger partial charge on any atom is 0.100 e. The van der Waals surface area contributed by atoms with Crippen molar-refractivity contribution in [3.8, 4) is 72.8 Å². The van der Waals surface area contributed by atoms with Crippen LogP contribution in [0.3, 0.4) is 0 Å². The van der Waals surface area contributed by atoms with Crippen molar-refractivity contribution in [1.29, 1.82) is 5.26 Å². The standard InChI is InChI=1S/C55H34BrN3/c56-42-31-43(47-27-40(36-17-9-3-10-18-36)29-49-45-25-38(34-13-5-1-6-14-34)21-23-52(45)58-54(47)49)51(33-57)44(32-42)48-28-41(37-19-11-4-12-20-37)30-50-46-26-39(35-15-7-2-8-16-35)22-24-53(46)59-55(48)50/h1-32,58-59H. The van der Waals surface area contributed by atoms with Crippen LogP contribution in [0.1, 0.15) is 5.56 Å². The van der Waals surface area contributed by atoms with E-state index >= 15 is 0 Å². The number of aromatic amines is 2. The van der Waals surface area contributed by atoms with Crippen molar-refractivity contribution in [1.82, 2.24) is 9.97 Å². The summed E-state index contributed by atoms with van der Waals surface area (Å²) in [6.07, 6.45) is 0. The van der Waals surface area contributed by atoms with Gasteiger partial charge < -0.3 is 9.97 Å². The zero-order chi connectivity index (χ0) is 39.5. The molecule has 0 aliphatic carbocycles. The monoisotopic (exact) mass is 815 g/mol. The highest BCUT2D eigenvalue weighted by Gasteiger charge is 2.22. The Labute approximate surface area is 350 Å². The minimum absolute atomic E-state index is 0.610. The minimum atomic E-state index is 0.610. The van der Waals surface area contributed by atoms with E-state index in [1.54, 1.807) is 0 Å². The Balaban J connectivity index is 1.19. The summed E-state index contributed by atoms with van der Waals surface area (Å²) in [6.45, 7) is 0. The van der Waals surface area contributed by atoms with Gasteiger partial charge >= 0.3 is 0 Å². The number of nitriles is 1. The van der Waals surface area contributed by atoms with Crippen LogP contribution in [0.5, 0.6) is 0 Å². The Hall–Kier alpha value is -7.45. The minimum Gasteiger partial charge on any atom is -0.354 e. The molecule has 0 aliphatic heterocycles. The molecule has 9 aromatic carbocycles. The van der Waals surface area contributed by atoms with Crippen LogP contribution in [-0.2, 0) is 0 Å². The number of benzene rings is 9. The number of aromatic nitrogens is 2. The van der Waals surface area contributed by atoms with Gasteiger partial charge in [0.25, 0.3) is 0 Å². The third kappa shape index (κ3) is 6.03. The highest BCUT2D eigenvalue weighted by Crippen LogP contribution is 2.45. The lowest BCUT2D eigenvalue weighted by atomic mass is 9.88. The molecule has 276 valence electrons.